The maximum absolute atomic E-state index is 4.17. The highest BCUT2D eigenvalue weighted by Crippen LogP contribution is 2.22. The van der Waals surface area contributed by atoms with E-state index in [1.165, 1.54) is 96.3 Å². The zero-order valence-corrected chi connectivity index (χ0v) is 16.0. The molecule has 0 nitrogen and oxygen atoms in total. The van der Waals surface area contributed by atoms with Crippen molar-refractivity contribution >= 4 is 0 Å². The van der Waals surface area contributed by atoms with Gasteiger partial charge in [-0.15, -0.1) is 0 Å². The lowest BCUT2D eigenvalue weighted by Crippen LogP contribution is -2.04. The molecule has 0 N–H and O–H groups in total. The van der Waals surface area contributed by atoms with Crippen LogP contribution in [0.25, 0.3) is 0 Å². The summed E-state index contributed by atoms with van der Waals surface area (Å²) in [6.45, 7) is 10.9. The van der Waals surface area contributed by atoms with Crippen LogP contribution in [0.4, 0.5) is 0 Å². The van der Waals surface area contributed by atoms with E-state index < -0.39 is 0 Å². The molecule has 1 radical (unpaired) electrons. The van der Waals surface area contributed by atoms with Gasteiger partial charge in [-0.1, -0.05) is 97.1 Å². The standard InChI is InChI=1S/C22H43/c1-5-6-7-8-9-10-11-12-13-14-15-16-17-18-19-20-21-22(2,3)4/h12-13H,2,5-11,14-21H2,1,3-4H3. The predicted octanol–water partition coefficient (Wildman–Crippen LogP) is 8.27. The smallest absolute Gasteiger partial charge is 0.0351 e. The third-order valence-corrected chi connectivity index (χ3v) is 4.37. The lowest BCUT2D eigenvalue weighted by molar-refractivity contribution is 0.403. The maximum atomic E-state index is 4.17. The molecule has 0 aliphatic rings. The van der Waals surface area contributed by atoms with Gasteiger partial charge in [-0.2, -0.15) is 0 Å². The Kier molecular flexibility index (Phi) is 15.4. The molecule has 0 fully saturated rings. The van der Waals surface area contributed by atoms with Gasteiger partial charge < -0.3 is 0 Å². The zero-order valence-electron chi connectivity index (χ0n) is 16.0. The first-order valence-corrected chi connectivity index (χ1v) is 10.1. The van der Waals surface area contributed by atoms with Crippen LogP contribution in [0.1, 0.15) is 117 Å². The zero-order chi connectivity index (χ0) is 16.5. The normalized spacial score (nSPS) is 12.4. The molecule has 0 aromatic heterocycles. The van der Waals surface area contributed by atoms with Crippen molar-refractivity contribution in [1.29, 1.82) is 0 Å². The Morgan fingerprint density at radius 3 is 1.50 bits per heavy atom. The molecule has 0 aliphatic heterocycles. The Balaban J connectivity index is 3.11. The Labute approximate surface area is 142 Å². The van der Waals surface area contributed by atoms with Crippen molar-refractivity contribution in [3.8, 4) is 0 Å². The summed E-state index contributed by atoms with van der Waals surface area (Å²) >= 11 is 0. The topological polar surface area (TPSA) is 0 Å². The van der Waals surface area contributed by atoms with Gasteiger partial charge in [0.2, 0.25) is 0 Å². The van der Waals surface area contributed by atoms with E-state index in [1.54, 1.807) is 0 Å². The van der Waals surface area contributed by atoms with Crippen LogP contribution in [-0.4, -0.2) is 0 Å². The SMILES string of the molecule is [CH2]C(C)(C)CCCCCCCCC=CCCCCCCCC. The van der Waals surface area contributed by atoms with E-state index in [2.05, 4.69) is 39.8 Å². The van der Waals surface area contributed by atoms with Gasteiger partial charge in [-0.3, -0.25) is 0 Å². The van der Waals surface area contributed by atoms with Crippen LogP contribution >= 0.6 is 0 Å². The van der Waals surface area contributed by atoms with Crippen LogP contribution in [0.15, 0.2) is 12.2 Å². The second kappa shape index (κ2) is 15.6. The predicted molar refractivity (Wildman–Crippen MR) is 103 cm³/mol. The molecular weight excluding hydrogens is 264 g/mol. The second-order valence-corrected chi connectivity index (χ2v) is 7.85. The van der Waals surface area contributed by atoms with Gasteiger partial charge in [0, 0.05) is 0 Å². The summed E-state index contributed by atoms with van der Waals surface area (Å²) in [7, 11) is 0. The minimum atomic E-state index is 0.279. The molecule has 0 aromatic carbocycles. The number of unbranched alkanes of at least 4 members (excludes halogenated alkanes) is 12. The van der Waals surface area contributed by atoms with Crippen LogP contribution in [0, 0.1) is 12.3 Å². The van der Waals surface area contributed by atoms with E-state index in [0.29, 0.717) is 0 Å². The average Bonchev–Trinajstić information content (AvgIpc) is 2.45. The largest absolute Gasteiger partial charge is 0.0885 e. The van der Waals surface area contributed by atoms with Gasteiger partial charge >= 0.3 is 0 Å². The van der Waals surface area contributed by atoms with Gasteiger partial charge in [0.1, 0.15) is 0 Å². The quantitative estimate of drug-likeness (QED) is 0.199. The minimum absolute atomic E-state index is 0.279. The van der Waals surface area contributed by atoms with Crippen LogP contribution in [-0.2, 0) is 0 Å². The average molecular weight is 308 g/mol. The molecule has 0 rings (SSSR count). The van der Waals surface area contributed by atoms with Gasteiger partial charge in [-0.05, 0) is 44.4 Å². The maximum Gasteiger partial charge on any atom is -0.0351 e. The van der Waals surface area contributed by atoms with Gasteiger partial charge in [-0.25, -0.2) is 0 Å². The van der Waals surface area contributed by atoms with Crippen molar-refractivity contribution in [3.05, 3.63) is 19.1 Å². The first-order valence-electron chi connectivity index (χ1n) is 10.1. The van der Waals surface area contributed by atoms with E-state index in [9.17, 15) is 0 Å². The molecule has 0 bridgehead atoms. The monoisotopic (exact) mass is 307 g/mol. The summed E-state index contributed by atoms with van der Waals surface area (Å²) in [5, 5.41) is 0. The van der Waals surface area contributed by atoms with Crippen molar-refractivity contribution in [1.82, 2.24) is 0 Å². The Morgan fingerprint density at radius 1 is 0.636 bits per heavy atom. The van der Waals surface area contributed by atoms with Crippen molar-refractivity contribution < 1.29 is 0 Å². The Hall–Kier alpha value is -0.260. The minimum Gasteiger partial charge on any atom is -0.0885 e. The molecule has 0 saturated carbocycles. The summed E-state index contributed by atoms with van der Waals surface area (Å²) in [6.07, 6.45) is 25.5. The molecule has 0 amide bonds. The number of rotatable bonds is 16. The fourth-order valence-electron chi connectivity index (χ4n) is 2.85. The first-order chi connectivity index (χ1) is 10.6. The van der Waals surface area contributed by atoms with E-state index in [0.717, 1.165) is 0 Å². The highest BCUT2D eigenvalue weighted by atomic mass is 14.1. The van der Waals surface area contributed by atoms with Crippen LogP contribution in [0.5, 0.6) is 0 Å². The third kappa shape index (κ3) is 19.7. The highest BCUT2D eigenvalue weighted by Gasteiger charge is 2.08. The second-order valence-electron chi connectivity index (χ2n) is 7.85. The molecule has 0 aromatic rings. The molecule has 0 spiro atoms. The summed E-state index contributed by atoms with van der Waals surface area (Å²) in [4.78, 5) is 0. The Bertz CT molecular complexity index is 231. The molecule has 22 heavy (non-hydrogen) atoms. The van der Waals surface area contributed by atoms with Crippen molar-refractivity contribution in [3.63, 3.8) is 0 Å². The van der Waals surface area contributed by atoms with Crippen molar-refractivity contribution in [2.75, 3.05) is 0 Å². The van der Waals surface area contributed by atoms with Crippen molar-refractivity contribution in [2.24, 2.45) is 5.41 Å². The summed E-state index contributed by atoms with van der Waals surface area (Å²) in [5.74, 6) is 0. The molecule has 0 atom stereocenters. The summed E-state index contributed by atoms with van der Waals surface area (Å²) in [6, 6.07) is 0. The lowest BCUT2D eigenvalue weighted by atomic mass is 9.89. The van der Waals surface area contributed by atoms with E-state index in [1.807, 2.05) is 0 Å². The Morgan fingerprint density at radius 2 is 1.05 bits per heavy atom. The van der Waals surface area contributed by atoms with Crippen LogP contribution in [0.3, 0.4) is 0 Å². The first kappa shape index (κ1) is 21.7. The molecule has 0 saturated heterocycles. The van der Waals surface area contributed by atoms with Crippen LogP contribution in [0.2, 0.25) is 0 Å². The number of allylic oxidation sites excluding steroid dienone is 2. The highest BCUT2D eigenvalue weighted by molar-refractivity contribution is 4.81. The fraction of sp³-hybridized carbons (Fsp3) is 0.864. The van der Waals surface area contributed by atoms with Crippen LogP contribution < -0.4 is 0 Å². The van der Waals surface area contributed by atoms with Gasteiger partial charge in [0.15, 0.2) is 0 Å². The molecule has 0 unspecified atom stereocenters. The molecule has 131 valence electrons. The van der Waals surface area contributed by atoms with Gasteiger partial charge in [0.25, 0.3) is 0 Å². The number of hydrogen-bond donors (Lipinski definition) is 0. The molecular formula is C22H43. The van der Waals surface area contributed by atoms with E-state index >= 15 is 0 Å². The van der Waals surface area contributed by atoms with Gasteiger partial charge in [0.05, 0.1) is 0 Å². The summed E-state index contributed by atoms with van der Waals surface area (Å²) in [5.41, 5.74) is 0.279. The van der Waals surface area contributed by atoms with E-state index in [-0.39, 0.29) is 5.41 Å². The molecule has 0 heterocycles. The van der Waals surface area contributed by atoms with E-state index in [4.69, 9.17) is 0 Å². The third-order valence-electron chi connectivity index (χ3n) is 4.37. The fourth-order valence-corrected chi connectivity index (χ4v) is 2.85. The summed E-state index contributed by atoms with van der Waals surface area (Å²) < 4.78 is 0. The van der Waals surface area contributed by atoms with Crippen molar-refractivity contribution in [2.45, 2.75) is 117 Å². The molecule has 0 aliphatic carbocycles. The lowest BCUT2D eigenvalue weighted by Gasteiger charge is -2.17. The number of hydrogen-bond acceptors (Lipinski definition) is 0. The molecule has 0 heteroatoms.